The molecule has 0 atom stereocenters. The summed E-state index contributed by atoms with van der Waals surface area (Å²) in [7, 11) is -1.07. The first-order chi connectivity index (χ1) is 5.31. The minimum atomic E-state index is -1.07. The Kier molecular flexibility index (Phi) is 4.06. The maximum absolute atomic E-state index is 8.16. The van der Waals surface area contributed by atoms with Crippen molar-refractivity contribution in [2.45, 2.75) is 25.5 Å². The third-order valence-electron chi connectivity index (χ3n) is 1.99. The van der Waals surface area contributed by atoms with Gasteiger partial charge in [0.25, 0.3) is 0 Å². The smallest absolute Gasteiger partial charge is 0.0977 e. The van der Waals surface area contributed by atoms with Gasteiger partial charge >= 0.3 is 0 Å². The molecule has 0 saturated carbocycles. The maximum Gasteiger partial charge on any atom is 0.0977 e. The molecule has 0 aromatic carbocycles. The Morgan fingerprint density at radius 2 is 1.92 bits per heavy atom. The van der Waals surface area contributed by atoms with Crippen molar-refractivity contribution >= 4 is 16.5 Å². The van der Waals surface area contributed by atoms with E-state index in [0.717, 1.165) is 0 Å². The standard InChI is InChI=1S/C8H19NO2S/c1-8(2,3)12(4,5)11-7-6-9-10/h6,10H,7H2,1-5H3/b9-6+. The van der Waals surface area contributed by atoms with Crippen LogP contribution in [0.5, 0.6) is 0 Å². The van der Waals surface area contributed by atoms with Crippen molar-refractivity contribution in [3.8, 4) is 0 Å². The van der Waals surface area contributed by atoms with Crippen LogP contribution in [0.3, 0.4) is 0 Å². The van der Waals surface area contributed by atoms with Crippen LogP contribution in [-0.2, 0) is 4.18 Å². The van der Waals surface area contributed by atoms with Crippen LogP contribution in [0.25, 0.3) is 0 Å². The molecule has 0 unspecified atom stereocenters. The second-order valence-corrected chi connectivity index (χ2v) is 7.85. The molecular weight excluding hydrogens is 174 g/mol. The molecule has 0 radical (unpaired) electrons. The minimum Gasteiger partial charge on any atom is -0.411 e. The second-order valence-electron chi connectivity index (χ2n) is 3.93. The predicted octanol–water partition coefficient (Wildman–Crippen LogP) is 2.24. The summed E-state index contributed by atoms with van der Waals surface area (Å²) in [5.41, 5.74) is 0. The summed E-state index contributed by atoms with van der Waals surface area (Å²) in [6.07, 6.45) is 5.58. The zero-order valence-electron chi connectivity index (χ0n) is 8.50. The average molecular weight is 193 g/mol. The van der Waals surface area contributed by atoms with Gasteiger partial charge in [0.05, 0.1) is 12.8 Å². The molecule has 0 aliphatic carbocycles. The van der Waals surface area contributed by atoms with E-state index in [1.165, 1.54) is 6.21 Å². The number of oxime groups is 1. The summed E-state index contributed by atoms with van der Waals surface area (Å²) in [5.74, 6) is 0. The van der Waals surface area contributed by atoms with Crippen LogP contribution in [0, 0.1) is 0 Å². The Balaban J connectivity index is 4.05. The highest BCUT2D eigenvalue weighted by atomic mass is 32.3. The molecule has 0 fully saturated rings. The molecule has 4 heteroatoms. The summed E-state index contributed by atoms with van der Waals surface area (Å²) in [6.45, 7) is 6.84. The van der Waals surface area contributed by atoms with Gasteiger partial charge in [-0.25, -0.2) is 0 Å². The normalized spacial score (nSPS) is 15.4. The molecule has 0 rings (SSSR count). The van der Waals surface area contributed by atoms with Crippen molar-refractivity contribution in [2.24, 2.45) is 5.16 Å². The highest BCUT2D eigenvalue weighted by Gasteiger charge is 2.28. The SMILES string of the molecule is CC(C)(C)S(C)(C)OC/C=N/O. The molecule has 0 aromatic rings. The van der Waals surface area contributed by atoms with Crippen LogP contribution in [-0.4, -0.2) is 35.3 Å². The molecule has 0 heterocycles. The molecule has 74 valence electrons. The van der Waals surface area contributed by atoms with Gasteiger partial charge in [-0.2, -0.15) is 0 Å². The third kappa shape index (κ3) is 3.45. The second kappa shape index (κ2) is 4.14. The molecule has 0 aliphatic heterocycles. The van der Waals surface area contributed by atoms with Crippen LogP contribution in [0.4, 0.5) is 0 Å². The van der Waals surface area contributed by atoms with E-state index in [2.05, 4.69) is 38.4 Å². The lowest BCUT2D eigenvalue weighted by atomic mass is 10.3. The van der Waals surface area contributed by atoms with Gasteiger partial charge < -0.3 is 9.39 Å². The first kappa shape index (κ1) is 11.8. The van der Waals surface area contributed by atoms with Gasteiger partial charge in [0.1, 0.15) is 0 Å². The van der Waals surface area contributed by atoms with Crippen molar-refractivity contribution in [1.82, 2.24) is 0 Å². The zero-order chi connectivity index (χ0) is 9.83. The van der Waals surface area contributed by atoms with Crippen molar-refractivity contribution < 1.29 is 9.39 Å². The first-order valence-corrected chi connectivity index (χ1v) is 6.22. The van der Waals surface area contributed by atoms with Gasteiger partial charge in [-0.3, -0.25) is 0 Å². The number of hydrogen-bond acceptors (Lipinski definition) is 3. The molecule has 0 spiro atoms. The topological polar surface area (TPSA) is 41.8 Å². The minimum absolute atomic E-state index is 0.163. The van der Waals surface area contributed by atoms with E-state index in [-0.39, 0.29) is 4.75 Å². The van der Waals surface area contributed by atoms with E-state index >= 15 is 0 Å². The van der Waals surface area contributed by atoms with E-state index in [9.17, 15) is 0 Å². The molecule has 3 nitrogen and oxygen atoms in total. The summed E-state index contributed by atoms with van der Waals surface area (Å²) in [5, 5.41) is 11.0. The highest BCUT2D eigenvalue weighted by molar-refractivity contribution is 8.29. The Bertz CT molecular complexity index is 161. The molecule has 1 N–H and O–H groups in total. The van der Waals surface area contributed by atoms with Crippen molar-refractivity contribution in [3.63, 3.8) is 0 Å². The number of hydrogen-bond donors (Lipinski definition) is 1. The summed E-state index contributed by atoms with van der Waals surface area (Å²) < 4.78 is 5.77. The van der Waals surface area contributed by atoms with Crippen LogP contribution >= 0.6 is 10.3 Å². The summed E-state index contributed by atoms with van der Waals surface area (Å²) in [4.78, 5) is 0. The summed E-state index contributed by atoms with van der Waals surface area (Å²) >= 11 is 0. The lowest BCUT2D eigenvalue weighted by molar-refractivity contribution is 0.315. The molecule has 12 heavy (non-hydrogen) atoms. The Morgan fingerprint density at radius 1 is 1.42 bits per heavy atom. The number of rotatable bonds is 3. The van der Waals surface area contributed by atoms with E-state index < -0.39 is 10.3 Å². The van der Waals surface area contributed by atoms with Gasteiger partial charge in [0.15, 0.2) is 0 Å². The van der Waals surface area contributed by atoms with Crippen molar-refractivity contribution in [3.05, 3.63) is 0 Å². The Hall–Kier alpha value is -0.220. The molecule has 0 bridgehead atoms. The quantitative estimate of drug-likeness (QED) is 0.424. The van der Waals surface area contributed by atoms with Crippen LogP contribution in [0.2, 0.25) is 0 Å². The van der Waals surface area contributed by atoms with Gasteiger partial charge in [0.2, 0.25) is 0 Å². The van der Waals surface area contributed by atoms with Gasteiger partial charge in [0, 0.05) is 4.75 Å². The van der Waals surface area contributed by atoms with Crippen molar-refractivity contribution in [1.29, 1.82) is 0 Å². The van der Waals surface area contributed by atoms with Gasteiger partial charge in [-0.15, -0.1) is 10.3 Å². The largest absolute Gasteiger partial charge is 0.411 e. The molecule has 0 aliphatic rings. The lowest BCUT2D eigenvalue weighted by Crippen LogP contribution is -2.25. The molecule has 0 aromatic heterocycles. The van der Waals surface area contributed by atoms with Gasteiger partial charge in [-0.1, -0.05) is 25.9 Å². The van der Waals surface area contributed by atoms with E-state index in [1.54, 1.807) is 0 Å². The number of nitrogens with zero attached hydrogens (tertiary/aromatic N) is 1. The average Bonchev–Trinajstić information content (AvgIpc) is 1.85. The van der Waals surface area contributed by atoms with Crippen molar-refractivity contribution in [2.75, 3.05) is 19.1 Å². The highest BCUT2D eigenvalue weighted by Crippen LogP contribution is 2.53. The van der Waals surface area contributed by atoms with Crippen LogP contribution in [0.1, 0.15) is 20.8 Å². The summed E-state index contributed by atoms with van der Waals surface area (Å²) in [6, 6.07) is 0. The first-order valence-electron chi connectivity index (χ1n) is 3.84. The van der Waals surface area contributed by atoms with E-state index in [4.69, 9.17) is 9.39 Å². The zero-order valence-corrected chi connectivity index (χ0v) is 9.31. The van der Waals surface area contributed by atoms with E-state index in [0.29, 0.717) is 6.61 Å². The van der Waals surface area contributed by atoms with Gasteiger partial charge in [-0.05, 0) is 12.5 Å². The fourth-order valence-corrected chi connectivity index (χ4v) is 1.17. The molecule has 0 saturated heterocycles. The monoisotopic (exact) mass is 193 g/mol. The van der Waals surface area contributed by atoms with Crippen LogP contribution < -0.4 is 0 Å². The fourth-order valence-electron chi connectivity index (χ4n) is 0.411. The Morgan fingerprint density at radius 3 is 2.25 bits per heavy atom. The Labute approximate surface area is 76.3 Å². The lowest BCUT2D eigenvalue weighted by Gasteiger charge is -2.43. The fraction of sp³-hybridized carbons (Fsp3) is 0.875. The predicted molar refractivity (Wildman–Crippen MR) is 55.4 cm³/mol. The molecule has 0 amide bonds. The maximum atomic E-state index is 8.16. The molecular formula is C8H19NO2S. The van der Waals surface area contributed by atoms with E-state index in [1.807, 2.05) is 0 Å². The van der Waals surface area contributed by atoms with Crippen LogP contribution in [0.15, 0.2) is 5.16 Å². The third-order valence-corrected chi connectivity index (χ3v) is 5.67.